The maximum atomic E-state index is 12.5. The van der Waals surface area contributed by atoms with Gasteiger partial charge in [-0.2, -0.15) is 0 Å². The second-order valence-electron chi connectivity index (χ2n) is 5.81. The van der Waals surface area contributed by atoms with Crippen molar-refractivity contribution in [2.24, 2.45) is 0 Å². The summed E-state index contributed by atoms with van der Waals surface area (Å²) in [6.45, 7) is 1.78. The molecule has 0 saturated heterocycles. The van der Waals surface area contributed by atoms with Crippen molar-refractivity contribution in [3.05, 3.63) is 84.4 Å². The Labute approximate surface area is 140 Å². The van der Waals surface area contributed by atoms with Crippen LogP contribution in [-0.2, 0) is 5.60 Å². The topological polar surface area (TPSA) is 67.2 Å². The first kappa shape index (κ1) is 16.0. The second kappa shape index (κ2) is 6.68. The highest BCUT2D eigenvalue weighted by atomic mass is 16.3. The molecule has 2 aromatic carbocycles. The van der Waals surface area contributed by atoms with E-state index < -0.39 is 5.60 Å². The second-order valence-corrected chi connectivity index (χ2v) is 5.81. The monoisotopic (exact) mass is 321 g/mol. The van der Waals surface area contributed by atoms with Crippen LogP contribution >= 0.6 is 0 Å². The van der Waals surface area contributed by atoms with Crippen molar-refractivity contribution in [2.75, 3.05) is 6.54 Å². The molecule has 0 aliphatic heterocycles. The maximum absolute atomic E-state index is 12.5. The van der Waals surface area contributed by atoms with Crippen LogP contribution in [0.25, 0.3) is 5.69 Å². The lowest BCUT2D eigenvalue weighted by Gasteiger charge is -2.24. The minimum Gasteiger partial charge on any atom is -0.384 e. The molecule has 1 unspecified atom stereocenters. The van der Waals surface area contributed by atoms with Crippen molar-refractivity contribution in [3.63, 3.8) is 0 Å². The number of hydrogen-bond acceptors (Lipinski definition) is 3. The molecule has 1 heterocycles. The van der Waals surface area contributed by atoms with Crippen LogP contribution in [0.15, 0.2) is 73.2 Å². The van der Waals surface area contributed by atoms with Crippen molar-refractivity contribution in [1.82, 2.24) is 14.9 Å². The summed E-state index contributed by atoms with van der Waals surface area (Å²) in [5.41, 5.74) is 0.885. The van der Waals surface area contributed by atoms with Gasteiger partial charge in [-0.05, 0) is 24.6 Å². The van der Waals surface area contributed by atoms with E-state index >= 15 is 0 Å². The van der Waals surface area contributed by atoms with Crippen molar-refractivity contribution >= 4 is 5.91 Å². The minimum atomic E-state index is -1.14. The first-order valence-electron chi connectivity index (χ1n) is 7.72. The molecule has 1 aromatic heterocycles. The number of rotatable bonds is 5. The molecule has 0 radical (unpaired) electrons. The van der Waals surface area contributed by atoms with E-state index in [9.17, 15) is 9.90 Å². The highest BCUT2D eigenvalue weighted by Gasteiger charge is 2.24. The molecule has 5 nitrogen and oxygen atoms in total. The van der Waals surface area contributed by atoms with Gasteiger partial charge in [0.1, 0.15) is 11.3 Å². The Hall–Kier alpha value is -2.92. The molecule has 24 heavy (non-hydrogen) atoms. The number of para-hydroxylation sites is 1. The van der Waals surface area contributed by atoms with Gasteiger partial charge in [0.25, 0.3) is 5.91 Å². The zero-order chi connectivity index (χ0) is 17.0. The molecule has 0 aliphatic rings. The molecule has 0 aliphatic carbocycles. The van der Waals surface area contributed by atoms with Gasteiger partial charge in [0.05, 0.1) is 19.1 Å². The van der Waals surface area contributed by atoms with Crippen LogP contribution in [0.5, 0.6) is 0 Å². The average Bonchev–Trinajstić information content (AvgIpc) is 3.11. The largest absolute Gasteiger partial charge is 0.384 e. The zero-order valence-electron chi connectivity index (χ0n) is 13.4. The Kier molecular flexibility index (Phi) is 4.44. The van der Waals surface area contributed by atoms with Crippen LogP contribution in [-0.4, -0.2) is 27.1 Å². The molecule has 0 spiro atoms. The van der Waals surface area contributed by atoms with Gasteiger partial charge >= 0.3 is 0 Å². The smallest absolute Gasteiger partial charge is 0.270 e. The number of nitrogens with zero attached hydrogens (tertiary/aromatic N) is 2. The summed E-state index contributed by atoms with van der Waals surface area (Å²) in [5.74, 6) is -0.285. The summed E-state index contributed by atoms with van der Waals surface area (Å²) < 4.78 is 1.71. The molecule has 5 heteroatoms. The van der Waals surface area contributed by atoms with E-state index in [1.807, 2.05) is 60.7 Å². The average molecular weight is 321 g/mol. The summed E-state index contributed by atoms with van der Waals surface area (Å²) in [7, 11) is 0. The third-order valence-electron chi connectivity index (χ3n) is 3.89. The van der Waals surface area contributed by atoms with Crippen LogP contribution in [0, 0.1) is 0 Å². The number of amides is 1. The Morgan fingerprint density at radius 2 is 1.75 bits per heavy atom. The maximum Gasteiger partial charge on any atom is 0.270 e. The number of carbonyl (C=O) groups excluding carboxylic acids is 1. The summed E-state index contributed by atoms with van der Waals surface area (Å²) in [6.07, 6.45) is 3.11. The van der Waals surface area contributed by atoms with Crippen molar-refractivity contribution in [3.8, 4) is 5.69 Å². The number of aromatic nitrogens is 2. The Balaban J connectivity index is 1.74. The van der Waals surface area contributed by atoms with Crippen molar-refractivity contribution in [2.45, 2.75) is 12.5 Å². The number of hydrogen-bond donors (Lipinski definition) is 2. The quantitative estimate of drug-likeness (QED) is 0.759. The molecular weight excluding hydrogens is 302 g/mol. The molecule has 0 bridgehead atoms. The Morgan fingerprint density at radius 3 is 2.42 bits per heavy atom. The lowest BCUT2D eigenvalue weighted by molar-refractivity contribution is 0.0524. The number of benzene rings is 2. The lowest BCUT2D eigenvalue weighted by atomic mass is 9.96. The molecule has 3 rings (SSSR count). The third kappa shape index (κ3) is 3.36. The van der Waals surface area contributed by atoms with Gasteiger partial charge in [0.2, 0.25) is 0 Å². The number of imidazole rings is 1. The molecule has 1 amide bonds. The molecule has 122 valence electrons. The van der Waals surface area contributed by atoms with E-state index in [1.165, 1.54) is 6.20 Å². The minimum absolute atomic E-state index is 0.107. The molecule has 2 N–H and O–H groups in total. The summed E-state index contributed by atoms with van der Waals surface area (Å²) in [4.78, 5) is 16.6. The van der Waals surface area contributed by atoms with Gasteiger partial charge in [-0.15, -0.1) is 0 Å². The number of carbonyl (C=O) groups is 1. The lowest BCUT2D eigenvalue weighted by Crippen LogP contribution is -2.39. The van der Waals surface area contributed by atoms with Crippen LogP contribution in [0.4, 0.5) is 0 Å². The molecule has 0 saturated carbocycles. The molecule has 1 atom stereocenters. The fraction of sp³-hybridized carbons (Fsp3) is 0.158. The van der Waals surface area contributed by atoms with Crippen LogP contribution < -0.4 is 5.32 Å². The summed E-state index contributed by atoms with van der Waals surface area (Å²) >= 11 is 0. The third-order valence-corrected chi connectivity index (χ3v) is 3.89. The first-order chi connectivity index (χ1) is 11.6. The van der Waals surface area contributed by atoms with E-state index in [-0.39, 0.29) is 12.5 Å². The van der Waals surface area contributed by atoms with Gasteiger partial charge in [-0.25, -0.2) is 4.98 Å². The first-order valence-corrected chi connectivity index (χ1v) is 7.72. The normalized spacial score (nSPS) is 13.2. The highest BCUT2D eigenvalue weighted by Crippen LogP contribution is 2.19. The van der Waals surface area contributed by atoms with Gasteiger partial charge < -0.3 is 10.4 Å². The number of aliphatic hydroxyl groups is 1. The standard InChI is InChI=1S/C19H19N3O2/c1-19(24,15-8-4-2-5-9-15)13-21-18(23)17-12-20-14-22(17)16-10-6-3-7-11-16/h2-12,14,24H,13H2,1H3,(H,21,23). The van der Waals surface area contributed by atoms with Gasteiger partial charge in [-0.3, -0.25) is 9.36 Å². The van der Waals surface area contributed by atoms with E-state index in [1.54, 1.807) is 17.8 Å². The van der Waals surface area contributed by atoms with Gasteiger partial charge in [-0.1, -0.05) is 48.5 Å². The molecule has 0 fully saturated rings. The van der Waals surface area contributed by atoms with E-state index in [4.69, 9.17) is 0 Å². The summed E-state index contributed by atoms with van der Waals surface area (Å²) in [5, 5.41) is 13.4. The molecular formula is C19H19N3O2. The van der Waals surface area contributed by atoms with Crippen molar-refractivity contribution < 1.29 is 9.90 Å². The predicted molar refractivity (Wildman–Crippen MR) is 91.9 cm³/mol. The fourth-order valence-corrected chi connectivity index (χ4v) is 2.50. The van der Waals surface area contributed by atoms with Crippen LogP contribution in [0.1, 0.15) is 23.0 Å². The van der Waals surface area contributed by atoms with E-state index in [0.29, 0.717) is 5.69 Å². The zero-order valence-corrected chi connectivity index (χ0v) is 13.4. The van der Waals surface area contributed by atoms with Crippen LogP contribution in [0.3, 0.4) is 0 Å². The van der Waals surface area contributed by atoms with Crippen LogP contribution in [0.2, 0.25) is 0 Å². The van der Waals surface area contributed by atoms with E-state index in [0.717, 1.165) is 11.3 Å². The van der Waals surface area contributed by atoms with Gasteiger partial charge in [0.15, 0.2) is 0 Å². The Bertz CT molecular complexity index is 811. The highest BCUT2D eigenvalue weighted by molar-refractivity contribution is 5.93. The van der Waals surface area contributed by atoms with E-state index in [2.05, 4.69) is 10.3 Å². The fourth-order valence-electron chi connectivity index (χ4n) is 2.50. The SMILES string of the molecule is CC(O)(CNC(=O)c1cncn1-c1ccccc1)c1ccccc1. The summed E-state index contributed by atoms with van der Waals surface area (Å²) in [6, 6.07) is 18.8. The van der Waals surface area contributed by atoms with Gasteiger partial charge in [0, 0.05) is 5.69 Å². The Morgan fingerprint density at radius 1 is 1.12 bits per heavy atom. The predicted octanol–water partition coefficient (Wildman–Crippen LogP) is 2.51. The van der Waals surface area contributed by atoms with Crippen molar-refractivity contribution in [1.29, 1.82) is 0 Å². The molecule has 3 aromatic rings. The number of nitrogens with one attached hydrogen (secondary N) is 1.